The fourth-order valence-corrected chi connectivity index (χ4v) is 2.93. The highest BCUT2D eigenvalue weighted by atomic mass is 16.5. The van der Waals surface area contributed by atoms with Gasteiger partial charge in [-0.05, 0) is 38.3 Å². The van der Waals surface area contributed by atoms with Gasteiger partial charge in [0.15, 0.2) is 0 Å². The Kier molecular flexibility index (Phi) is 6.80. The number of hydrogen-bond donors (Lipinski definition) is 2. The van der Waals surface area contributed by atoms with Gasteiger partial charge in [-0.15, -0.1) is 0 Å². The monoisotopic (exact) mass is 348 g/mol. The van der Waals surface area contributed by atoms with Gasteiger partial charge in [0, 0.05) is 19.5 Å². The average molecular weight is 348 g/mol. The van der Waals surface area contributed by atoms with Crippen molar-refractivity contribution in [3.05, 3.63) is 29.8 Å². The number of benzene rings is 1. The third kappa shape index (κ3) is 4.95. The Hall–Kier alpha value is -2.57. The van der Waals surface area contributed by atoms with Crippen LogP contribution in [0.3, 0.4) is 0 Å². The van der Waals surface area contributed by atoms with E-state index in [1.165, 1.54) is 0 Å². The predicted octanol–water partition coefficient (Wildman–Crippen LogP) is 1.67. The van der Waals surface area contributed by atoms with Crippen LogP contribution in [0.1, 0.15) is 43.0 Å². The summed E-state index contributed by atoms with van der Waals surface area (Å²) in [6.07, 6.45) is 1.74. The summed E-state index contributed by atoms with van der Waals surface area (Å²) in [6, 6.07) is 6.50. The normalized spacial score (nSPS) is 16.5. The number of ether oxygens (including phenoxy) is 1. The van der Waals surface area contributed by atoms with Crippen LogP contribution < -0.4 is 10.1 Å². The summed E-state index contributed by atoms with van der Waals surface area (Å²) >= 11 is 0. The van der Waals surface area contributed by atoms with Crippen molar-refractivity contribution in [3.63, 3.8) is 0 Å². The number of aliphatic carboxylic acids is 1. The molecule has 2 rings (SSSR count). The summed E-state index contributed by atoms with van der Waals surface area (Å²) in [6.45, 7) is 3.12. The highest BCUT2D eigenvalue weighted by molar-refractivity contribution is 6.00. The quantitative estimate of drug-likeness (QED) is 0.697. The lowest BCUT2D eigenvalue weighted by atomic mass is 10.1. The van der Waals surface area contributed by atoms with E-state index < -0.39 is 12.0 Å². The van der Waals surface area contributed by atoms with E-state index in [1.807, 2.05) is 6.92 Å². The van der Waals surface area contributed by atoms with E-state index in [-0.39, 0.29) is 18.2 Å². The molecule has 1 aromatic rings. The van der Waals surface area contributed by atoms with Crippen LogP contribution in [0.5, 0.6) is 5.75 Å². The van der Waals surface area contributed by atoms with Crippen molar-refractivity contribution >= 4 is 17.8 Å². The summed E-state index contributed by atoms with van der Waals surface area (Å²) in [4.78, 5) is 37.3. The second-order valence-electron chi connectivity index (χ2n) is 5.87. The molecule has 1 aromatic carbocycles. The van der Waals surface area contributed by atoms with Crippen LogP contribution in [0.15, 0.2) is 24.3 Å². The fourth-order valence-electron chi connectivity index (χ4n) is 2.93. The molecular weight excluding hydrogens is 324 g/mol. The van der Waals surface area contributed by atoms with Gasteiger partial charge in [0.05, 0.1) is 12.2 Å². The Morgan fingerprint density at radius 2 is 2.08 bits per heavy atom. The largest absolute Gasteiger partial charge is 0.493 e. The van der Waals surface area contributed by atoms with E-state index in [9.17, 15) is 14.4 Å². The summed E-state index contributed by atoms with van der Waals surface area (Å²) in [5.41, 5.74) is 0.454. The lowest BCUT2D eigenvalue weighted by Gasteiger charge is -2.25. The minimum atomic E-state index is -0.889. The predicted molar refractivity (Wildman–Crippen MR) is 91.5 cm³/mol. The number of para-hydroxylation sites is 1. The summed E-state index contributed by atoms with van der Waals surface area (Å²) in [5, 5.41) is 11.4. The minimum Gasteiger partial charge on any atom is -0.493 e. The van der Waals surface area contributed by atoms with Crippen molar-refractivity contribution in [1.82, 2.24) is 10.2 Å². The Morgan fingerprint density at radius 1 is 1.32 bits per heavy atom. The first-order chi connectivity index (χ1) is 12.0. The van der Waals surface area contributed by atoms with Crippen molar-refractivity contribution in [2.75, 3.05) is 19.7 Å². The highest BCUT2D eigenvalue weighted by Gasteiger charge is 2.35. The molecule has 2 amide bonds. The standard InChI is InChI=1S/C18H24N2O5/c1-2-25-15-9-4-3-7-13(15)18(24)20-12-6-8-14(20)17(23)19-11-5-10-16(21)22/h3-4,7,9,14H,2,5-6,8,10-12H2,1H3,(H,19,23)(H,21,22). The van der Waals surface area contributed by atoms with E-state index in [0.29, 0.717) is 43.9 Å². The number of carboxylic acid groups (broad SMARTS) is 1. The SMILES string of the molecule is CCOc1ccccc1C(=O)N1CCCC1C(=O)NCCCC(=O)O. The number of carbonyl (C=O) groups is 3. The van der Waals surface area contributed by atoms with Gasteiger partial charge in [-0.1, -0.05) is 12.1 Å². The number of carboxylic acids is 1. The molecule has 136 valence electrons. The van der Waals surface area contributed by atoms with E-state index in [4.69, 9.17) is 9.84 Å². The van der Waals surface area contributed by atoms with Crippen molar-refractivity contribution in [1.29, 1.82) is 0 Å². The maximum atomic E-state index is 12.9. The number of nitrogens with zero attached hydrogens (tertiary/aromatic N) is 1. The molecule has 0 aliphatic carbocycles. The summed E-state index contributed by atoms with van der Waals surface area (Å²) in [7, 11) is 0. The number of hydrogen-bond acceptors (Lipinski definition) is 4. The van der Waals surface area contributed by atoms with Crippen LogP contribution in [0.25, 0.3) is 0 Å². The van der Waals surface area contributed by atoms with Gasteiger partial charge in [-0.3, -0.25) is 14.4 Å². The molecule has 0 aromatic heterocycles. The minimum absolute atomic E-state index is 0.00925. The highest BCUT2D eigenvalue weighted by Crippen LogP contribution is 2.25. The van der Waals surface area contributed by atoms with Crippen LogP contribution in [0, 0.1) is 0 Å². The van der Waals surface area contributed by atoms with Gasteiger partial charge in [0.1, 0.15) is 11.8 Å². The molecule has 0 radical (unpaired) electrons. The maximum absolute atomic E-state index is 12.9. The number of amides is 2. The first-order valence-electron chi connectivity index (χ1n) is 8.57. The van der Waals surface area contributed by atoms with Crippen LogP contribution in [-0.4, -0.2) is 53.5 Å². The van der Waals surface area contributed by atoms with Gasteiger partial charge in [-0.2, -0.15) is 0 Å². The van der Waals surface area contributed by atoms with Gasteiger partial charge in [0.2, 0.25) is 5.91 Å². The topological polar surface area (TPSA) is 95.9 Å². The first kappa shape index (κ1) is 18.8. The first-order valence-corrected chi connectivity index (χ1v) is 8.57. The van der Waals surface area contributed by atoms with Crippen molar-refractivity contribution in [2.24, 2.45) is 0 Å². The summed E-state index contributed by atoms with van der Waals surface area (Å²) in [5.74, 6) is -0.820. The molecule has 1 saturated heterocycles. The van der Waals surface area contributed by atoms with Crippen molar-refractivity contribution < 1.29 is 24.2 Å². The molecule has 1 atom stereocenters. The third-order valence-corrected chi connectivity index (χ3v) is 4.10. The van der Waals surface area contributed by atoms with E-state index >= 15 is 0 Å². The molecule has 0 spiro atoms. The van der Waals surface area contributed by atoms with Crippen LogP contribution in [-0.2, 0) is 9.59 Å². The Balaban J connectivity index is 2.01. The fraction of sp³-hybridized carbons (Fsp3) is 0.500. The molecule has 0 saturated carbocycles. The lowest BCUT2D eigenvalue weighted by Crippen LogP contribution is -2.46. The average Bonchev–Trinajstić information content (AvgIpc) is 3.08. The number of likely N-dealkylation sites (tertiary alicyclic amines) is 1. The molecule has 7 nitrogen and oxygen atoms in total. The van der Waals surface area contributed by atoms with Gasteiger partial charge >= 0.3 is 5.97 Å². The number of carbonyl (C=O) groups excluding carboxylic acids is 2. The van der Waals surface area contributed by atoms with E-state index in [0.717, 1.165) is 6.42 Å². The third-order valence-electron chi connectivity index (χ3n) is 4.10. The molecule has 1 fully saturated rings. The van der Waals surface area contributed by atoms with Gasteiger partial charge in [0.25, 0.3) is 5.91 Å². The van der Waals surface area contributed by atoms with Crippen LogP contribution in [0.4, 0.5) is 0 Å². The van der Waals surface area contributed by atoms with E-state index in [2.05, 4.69) is 5.32 Å². The second kappa shape index (κ2) is 9.05. The molecular formula is C18H24N2O5. The zero-order valence-corrected chi connectivity index (χ0v) is 14.4. The smallest absolute Gasteiger partial charge is 0.303 e. The number of rotatable bonds is 8. The van der Waals surface area contributed by atoms with Gasteiger partial charge in [-0.25, -0.2) is 0 Å². The second-order valence-corrected chi connectivity index (χ2v) is 5.87. The zero-order valence-electron chi connectivity index (χ0n) is 14.4. The van der Waals surface area contributed by atoms with Crippen molar-refractivity contribution in [3.8, 4) is 5.75 Å². The lowest BCUT2D eigenvalue weighted by molar-refractivity contribution is -0.137. The molecule has 0 bridgehead atoms. The molecule has 1 aliphatic heterocycles. The molecule has 1 aliphatic rings. The molecule has 25 heavy (non-hydrogen) atoms. The van der Waals surface area contributed by atoms with Crippen LogP contribution >= 0.6 is 0 Å². The maximum Gasteiger partial charge on any atom is 0.303 e. The Bertz CT molecular complexity index is 632. The van der Waals surface area contributed by atoms with Crippen molar-refractivity contribution in [2.45, 2.75) is 38.6 Å². The Labute approximate surface area is 147 Å². The Morgan fingerprint density at radius 3 is 2.80 bits per heavy atom. The van der Waals surface area contributed by atoms with Crippen LogP contribution in [0.2, 0.25) is 0 Å². The molecule has 1 unspecified atom stereocenters. The zero-order chi connectivity index (χ0) is 18.2. The molecule has 1 heterocycles. The van der Waals surface area contributed by atoms with Gasteiger partial charge < -0.3 is 20.1 Å². The molecule has 2 N–H and O–H groups in total. The van der Waals surface area contributed by atoms with E-state index in [1.54, 1.807) is 29.2 Å². The summed E-state index contributed by atoms with van der Waals surface area (Å²) < 4.78 is 5.51. The number of nitrogens with one attached hydrogen (secondary N) is 1. The molecule has 7 heteroatoms.